The molecule has 0 spiro atoms. The molecule has 0 bridgehead atoms. The lowest BCUT2D eigenvalue weighted by Crippen LogP contribution is -2.00. The van der Waals surface area contributed by atoms with Gasteiger partial charge in [0.05, 0.1) is 11.0 Å². The van der Waals surface area contributed by atoms with Crippen molar-refractivity contribution in [2.45, 2.75) is 0 Å². The first-order chi connectivity index (χ1) is 28.2. The van der Waals surface area contributed by atoms with Gasteiger partial charge in [-0.05, 0) is 71.8 Å². The van der Waals surface area contributed by atoms with Gasteiger partial charge >= 0.3 is 0 Å². The average molecular weight is 731 g/mol. The van der Waals surface area contributed by atoms with Crippen LogP contribution in [0.1, 0.15) is 0 Å². The molecule has 4 aromatic heterocycles. The maximum absolute atomic E-state index is 6.51. The van der Waals surface area contributed by atoms with Gasteiger partial charge in [0.25, 0.3) is 0 Å². The first-order valence-electron chi connectivity index (χ1n) is 19.0. The van der Waals surface area contributed by atoms with Crippen molar-refractivity contribution in [1.29, 1.82) is 0 Å². The second-order valence-electron chi connectivity index (χ2n) is 14.4. The van der Waals surface area contributed by atoms with Crippen LogP contribution < -0.4 is 0 Å². The van der Waals surface area contributed by atoms with Crippen LogP contribution in [0.5, 0.6) is 0 Å². The Morgan fingerprint density at radius 3 is 1.61 bits per heavy atom. The molecule has 8 aromatic carbocycles. The number of benzene rings is 8. The van der Waals surface area contributed by atoms with Gasteiger partial charge in [-0.3, -0.25) is 0 Å². The Hall–Kier alpha value is -7.83. The van der Waals surface area contributed by atoms with Crippen LogP contribution in [0, 0.1) is 0 Å². The van der Waals surface area contributed by atoms with E-state index in [2.05, 4.69) is 120 Å². The van der Waals surface area contributed by atoms with E-state index in [1.165, 1.54) is 21.8 Å². The van der Waals surface area contributed by atoms with Crippen LogP contribution in [0.4, 0.5) is 0 Å². The van der Waals surface area contributed by atoms with Crippen LogP contribution in [0.15, 0.2) is 191 Å². The average Bonchev–Trinajstić information content (AvgIpc) is 3.95. The lowest BCUT2D eigenvalue weighted by atomic mass is 9.97. The van der Waals surface area contributed by atoms with Crippen LogP contribution in [0.25, 0.3) is 117 Å². The second-order valence-corrected chi connectivity index (χ2v) is 14.4. The topological polar surface area (TPSA) is 69.9 Å². The van der Waals surface area contributed by atoms with Gasteiger partial charge in [0.1, 0.15) is 22.3 Å². The Balaban J connectivity index is 0.987. The van der Waals surface area contributed by atoms with Crippen molar-refractivity contribution in [1.82, 2.24) is 19.5 Å². The normalized spacial score (nSPS) is 11.9. The number of rotatable bonds is 5. The van der Waals surface area contributed by atoms with E-state index in [9.17, 15) is 0 Å². The molecule has 57 heavy (non-hydrogen) atoms. The molecule has 0 aliphatic rings. The van der Waals surface area contributed by atoms with E-state index >= 15 is 0 Å². The fourth-order valence-corrected chi connectivity index (χ4v) is 8.42. The minimum absolute atomic E-state index is 0.588. The largest absolute Gasteiger partial charge is 0.456 e. The molecule has 0 aliphatic carbocycles. The van der Waals surface area contributed by atoms with Crippen LogP contribution in [0.2, 0.25) is 0 Å². The molecule has 0 unspecified atom stereocenters. The van der Waals surface area contributed by atoms with E-state index in [-0.39, 0.29) is 0 Å². The zero-order chi connectivity index (χ0) is 37.5. The maximum Gasteiger partial charge on any atom is 0.164 e. The number of furan rings is 2. The highest BCUT2D eigenvalue weighted by Crippen LogP contribution is 2.41. The zero-order valence-corrected chi connectivity index (χ0v) is 30.4. The molecule has 0 saturated heterocycles. The van der Waals surface area contributed by atoms with Gasteiger partial charge in [-0.1, -0.05) is 121 Å². The Labute approximate surface area is 325 Å². The molecule has 266 valence electrons. The molecule has 4 heterocycles. The monoisotopic (exact) mass is 730 g/mol. The Kier molecular flexibility index (Phi) is 6.83. The first kappa shape index (κ1) is 31.5. The van der Waals surface area contributed by atoms with Crippen molar-refractivity contribution in [3.05, 3.63) is 182 Å². The van der Waals surface area contributed by atoms with E-state index in [1.54, 1.807) is 0 Å². The van der Waals surface area contributed by atoms with Crippen LogP contribution in [-0.4, -0.2) is 19.5 Å². The van der Waals surface area contributed by atoms with Crippen molar-refractivity contribution in [2.75, 3.05) is 0 Å². The first-order valence-corrected chi connectivity index (χ1v) is 19.0. The SMILES string of the molecule is c1ccc(-c2nc(-c3ccccc3)nc(-c3ccc4c(c3)oc3ccc(-c5cccc6oc7ccc(-n8c9ccccc9c9ccccc98)cc7c56)cc34)n2)cc1. The Morgan fingerprint density at radius 1 is 0.333 bits per heavy atom. The summed E-state index contributed by atoms with van der Waals surface area (Å²) in [6, 6.07) is 62.7. The van der Waals surface area contributed by atoms with Crippen molar-refractivity contribution in [2.24, 2.45) is 0 Å². The van der Waals surface area contributed by atoms with Crippen molar-refractivity contribution in [3.8, 4) is 51.0 Å². The molecule has 6 nitrogen and oxygen atoms in total. The Morgan fingerprint density at radius 2 is 0.912 bits per heavy atom. The van der Waals surface area contributed by atoms with E-state index in [0.29, 0.717) is 17.5 Å². The fraction of sp³-hybridized carbons (Fsp3) is 0. The van der Waals surface area contributed by atoms with Gasteiger partial charge < -0.3 is 13.4 Å². The molecule has 0 N–H and O–H groups in total. The van der Waals surface area contributed by atoms with Crippen molar-refractivity contribution < 1.29 is 8.83 Å². The van der Waals surface area contributed by atoms with Crippen LogP contribution >= 0.6 is 0 Å². The van der Waals surface area contributed by atoms with Gasteiger partial charge in [-0.15, -0.1) is 0 Å². The molecular formula is C51H30N4O2. The summed E-state index contributed by atoms with van der Waals surface area (Å²) < 4.78 is 15.4. The predicted octanol–water partition coefficient (Wildman–Crippen LogP) is 13.4. The van der Waals surface area contributed by atoms with E-state index < -0.39 is 0 Å². The van der Waals surface area contributed by atoms with Crippen LogP contribution in [-0.2, 0) is 0 Å². The molecule has 6 heteroatoms. The third-order valence-corrected chi connectivity index (χ3v) is 11.1. The Bertz CT molecular complexity index is 3410. The van der Waals surface area contributed by atoms with Crippen molar-refractivity contribution >= 4 is 65.7 Å². The summed E-state index contributed by atoms with van der Waals surface area (Å²) >= 11 is 0. The minimum atomic E-state index is 0.588. The van der Waals surface area contributed by atoms with Gasteiger partial charge in [0.2, 0.25) is 0 Å². The van der Waals surface area contributed by atoms with Gasteiger partial charge in [-0.2, -0.15) is 0 Å². The number of hydrogen-bond acceptors (Lipinski definition) is 5. The fourth-order valence-electron chi connectivity index (χ4n) is 8.42. The molecule has 0 amide bonds. The number of hydrogen-bond donors (Lipinski definition) is 0. The number of nitrogens with zero attached hydrogens (tertiary/aromatic N) is 4. The molecule has 12 aromatic rings. The van der Waals surface area contributed by atoms with Gasteiger partial charge in [0, 0.05) is 54.7 Å². The molecule has 0 saturated carbocycles. The van der Waals surface area contributed by atoms with Gasteiger partial charge in [-0.25, -0.2) is 15.0 Å². The molecular weight excluding hydrogens is 701 g/mol. The number of fused-ring (bicyclic) bond motifs is 9. The van der Waals surface area contributed by atoms with E-state index in [1.807, 2.05) is 66.7 Å². The molecule has 0 atom stereocenters. The summed E-state index contributed by atoms with van der Waals surface area (Å²) in [5, 5.41) is 6.69. The third kappa shape index (κ3) is 5.01. The highest BCUT2D eigenvalue weighted by atomic mass is 16.3. The standard InChI is InChI=1S/C51H30N4O2/c1-3-12-31(13-4-1)49-52-50(32-14-5-2-6-15-32)54-51(53-49)34-22-25-39-40-28-33(23-26-44(40)57-47(39)29-34)36-18-11-21-46-48(36)41-30-35(24-27-45(41)56-46)55-42-19-9-7-16-37(42)38-17-8-10-20-43(38)55/h1-30H. The number of aromatic nitrogens is 4. The highest BCUT2D eigenvalue weighted by molar-refractivity contribution is 6.15. The lowest BCUT2D eigenvalue weighted by Gasteiger charge is -2.09. The maximum atomic E-state index is 6.51. The second kappa shape index (κ2) is 12.3. The summed E-state index contributed by atoms with van der Waals surface area (Å²) in [7, 11) is 0. The predicted molar refractivity (Wildman–Crippen MR) is 230 cm³/mol. The third-order valence-electron chi connectivity index (χ3n) is 11.1. The summed E-state index contributed by atoms with van der Waals surface area (Å²) in [5.74, 6) is 1.83. The van der Waals surface area contributed by atoms with Crippen LogP contribution in [0.3, 0.4) is 0 Å². The van der Waals surface area contributed by atoms with Crippen molar-refractivity contribution in [3.63, 3.8) is 0 Å². The molecule has 0 aliphatic heterocycles. The quantitative estimate of drug-likeness (QED) is 0.176. The molecule has 0 fully saturated rings. The summed E-state index contributed by atoms with van der Waals surface area (Å²) in [6.07, 6.45) is 0. The van der Waals surface area contributed by atoms with Gasteiger partial charge in [0.15, 0.2) is 17.5 Å². The number of para-hydroxylation sites is 2. The molecule has 12 rings (SSSR count). The smallest absolute Gasteiger partial charge is 0.164 e. The lowest BCUT2D eigenvalue weighted by molar-refractivity contribution is 0.669. The summed E-state index contributed by atoms with van der Waals surface area (Å²) in [5.41, 5.74) is 11.6. The van der Waals surface area contributed by atoms with E-state index in [4.69, 9.17) is 23.8 Å². The summed E-state index contributed by atoms with van der Waals surface area (Å²) in [4.78, 5) is 14.7. The highest BCUT2D eigenvalue weighted by Gasteiger charge is 2.19. The zero-order valence-electron chi connectivity index (χ0n) is 30.4. The van der Waals surface area contributed by atoms with E-state index in [0.717, 1.165) is 77.4 Å². The summed E-state index contributed by atoms with van der Waals surface area (Å²) in [6.45, 7) is 0. The minimum Gasteiger partial charge on any atom is -0.456 e. The molecule has 0 radical (unpaired) electrons.